The van der Waals surface area contributed by atoms with Gasteiger partial charge in [-0.25, -0.2) is 4.98 Å². The summed E-state index contributed by atoms with van der Waals surface area (Å²) in [6.45, 7) is 4.23. The van der Waals surface area contributed by atoms with Crippen LogP contribution in [-0.4, -0.2) is 15.6 Å². The van der Waals surface area contributed by atoms with Crippen molar-refractivity contribution in [1.82, 2.24) is 9.55 Å². The summed E-state index contributed by atoms with van der Waals surface area (Å²) in [7, 11) is 0. The Morgan fingerprint density at radius 3 is 2.86 bits per heavy atom. The first-order valence-corrected chi connectivity index (χ1v) is 5.53. The number of hydrogen-bond donors (Lipinski definition) is 1. The van der Waals surface area contributed by atoms with Gasteiger partial charge in [0.25, 0.3) is 0 Å². The fraction of sp³-hybridized carbons (Fsp3) is 0.727. The molecule has 14 heavy (non-hydrogen) atoms. The van der Waals surface area contributed by atoms with Gasteiger partial charge >= 0.3 is 0 Å². The lowest BCUT2D eigenvalue weighted by Crippen LogP contribution is -2.20. The van der Waals surface area contributed by atoms with Crippen molar-refractivity contribution in [1.29, 1.82) is 0 Å². The van der Waals surface area contributed by atoms with Crippen molar-refractivity contribution in [2.45, 2.75) is 51.6 Å². The van der Waals surface area contributed by atoms with Gasteiger partial charge in [0.1, 0.15) is 5.82 Å². The molecule has 78 valence electrons. The summed E-state index contributed by atoms with van der Waals surface area (Å²) in [4.78, 5) is 4.47. The molecule has 1 aromatic heterocycles. The zero-order valence-electron chi connectivity index (χ0n) is 9.03. The molecular formula is C11H19N3. The van der Waals surface area contributed by atoms with Crippen LogP contribution in [0, 0.1) is 0 Å². The van der Waals surface area contributed by atoms with E-state index >= 15 is 0 Å². The Morgan fingerprint density at radius 1 is 1.64 bits per heavy atom. The Hall–Kier alpha value is -0.830. The monoisotopic (exact) mass is 193 g/mol. The fourth-order valence-electron chi connectivity index (χ4n) is 1.92. The van der Waals surface area contributed by atoms with Gasteiger partial charge in [-0.15, -0.1) is 0 Å². The van der Waals surface area contributed by atoms with Crippen LogP contribution in [0.1, 0.15) is 44.2 Å². The highest BCUT2D eigenvalue weighted by Crippen LogP contribution is 2.37. The third-order valence-corrected chi connectivity index (χ3v) is 2.73. The number of imidazole rings is 1. The molecule has 1 aliphatic carbocycles. The lowest BCUT2D eigenvalue weighted by Gasteiger charge is -2.11. The van der Waals surface area contributed by atoms with Gasteiger partial charge in [0.2, 0.25) is 0 Å². The van der Waals surface area contributed by atoms with E-state index in [4.69, 9.17) is 5.73 Å². The molecule has 3 nitrogen and oxygen atoms in total. The average molecular weight is 193 g/mol. The smallest absolute Gasteiger partial charge is 0.110 e. The molecule has 0 spiro atoms. The SMILES string of the molecule is CCc1cnc(CC(C)N)n1C1CC1. The zero-order chi connectivity index (χ0) is 10.1. The number of aryl methyl sites for hydroxylation is 1. The average Bonchev–Trinajstić information content (AvgIpc) is 2.88. The van der Waals surface area contributed by atoms with Gasteiger partial charge in [0.15, 0.2) is 0 Å². The Labute approximate surface area is 85.3 Å². The van der Waals surface area contributed by atoms with Gasteiger partial charge in [0, 0.05) is 30.4 Å². The topological polar surface area (TPSA) is 43.8 Å². The Kier molecular flexibility index (Phi) is 2.59. The standard InChI is InChI=1S/C11H19N3/c1-3-9-7-13-11(6-8(2)12)14(9)10-4-5-10/h7-8,10H,3-6,12H2,1-2H3. The molecule has 1 fully saturated rings. The molecule has 0 radical (unpaired) electrons. The van der Waals surface area contributed by atoms with Crippen molar-refractivity contribution < 1.29 is 0 Å². The maximum Gasteiger partial charge on any atom is 0.110 e. The Balaban J connectivity index is 2.25. The lowest BCUT2D eigenvalue weighted by atomic mass is 10.2. The Morgan fingerprint density at radius 2 is 2.36 bits per heavy atom. The van der Waals surface area contributed by atoms with E-state index in [1.54, 1.807) is 0 Å². The fourth-order valence-corrected chi connectivity index (χ4v) is 1.92. The first-order valence-electron chi connectivity index (χ1n) is 5.53. The van der Waals surface area contributed by atoms with Crippen molar-refractivity contribution in [3.8, 4) is 0 Å². The van der Waals surface area contributed by atoms with Gasteiger partial charge < -0.3 is 10.3 Å². The van der Waals surface area contributed by atoms with Crippen LogP contribution >= 0.6 is 0 Å². The lowest BCUT2D eigenvalue weighted by molar-refractivity contribution is 0.611. The maximum atomic E-state index is 5.81. The molecule has 3 heteroatoms. The van der Waals surface area contributed by atoms with E-state index in [1.165, 1.54) is 24.4 Å². The van der Waals surface area contributed by atoms with Crippen molar-refractivity contribution in [2.24, 2.45) is 5.73 Å². The molecule has 1 heterocycles. The molecule has 1 saturated carbocycles. The molecule has 1 atom stereocenters. The van der Waals surface area contributed by atoms with Gasteiger partial charge in [-0.3, -0.25) is 0 Å². The van der Waals surface area contributed by atoms with Crippen molar-refractivity contribution in [2.75, 3.05) is 0 Å². The summed E-state index contributed by atoms with van der Waals surface area (Å²) >= 11 is 0. The molecular weight excluding hydrogens is 174 g/mol. The third-order valence-electron chi connectivity index (χ3n) is 2.73. The Bertz CT molecular complexity index is 310. The normalized spacial score (nSPS) is 18.5. The van der Waals surface area contributed by atoms with Crippen molar-refractivity contribution in [3.63, 3.8) is 0 Å². The summed E-state index contributed by atoms with van der Waals surface area (Å²) in [5.41, 5.74) is 7.18. The van der Waals surface area contributed by atoms with E-state index in [0.717, 1.165) is 18.9 Å². The van der Waals surface area contributed by atoms with E-state index in [9.17, 15) is 0 Å². The minimum atomic E-state index is 0.208. The van der Waals surface area contributed by atoms with Crippen molar-refractivity contribution in [3.05, 3.63) is 17.7 Å². The van der Waals surface area contributed by atoms with Crippen LogP contribution < -0.4 is 5.73 Å². The summed E-state index contributed by atoms with van der Waals surface area (Å²) in [5, 5.41) is 0. The molecule has 1 aliphatic rings. The van der Waals surface area contributed by atoms with Gasteiger partial charge in [-0.05, 0) is 26.2 Å². The van der Waals surface area contributed by atoms with E-state index in [1.807, 2.05) is 13.1 Å². The molecule has 1 unspecified atom stereocenters. The highest BCUT2D eigenvalue weighted by molar-refractivity contribution is 5.11. The second-order valence-corrected chi connectivity index (χ2v) is 4.30. The molecule has 0 amide bonds. The van der Waals surface area contributed by atoms with Crippen LogP contribution in [0.15, 0.2) is 6.20 Å². The summed E-state index contributed by atoms with van der Waals surface area (Å²) in [6, 6.07) is 0.931. The number of aromatic nitrogens is 2. The quantitative estimate of drug-likeness (QED) is 0.790. The van der Waals surface area contributed by atoms with Crippen LogP contribution in [0.2, 0.25) is 0 Å². The zero-order valence-corrected chi connectivity index (χ0v) is 9.03. The number of nitrogens with two attached hydrogens (primary N) is 1. The van der Waals surface area contributed by atoms with E-state index < -0.39 is 0 Å². The predicted octanol–water partition coefficient (Wildman–Crippen LogP) is 1.67. The van der Waals surface area contributed by atoms with Crippen LogP contribution in [0.25, 0.3) is 0 Å². The first kappa shape index (κ1) is 9.71. The van der Waals surface area contributed by atoms with Crippen LogP contribution in [0.4, 0.5) is 0 Å². The van der Waals surface area contributed by atoms with Crippen LogP contribution in [0.5, 0.6) is 0 Å². The van der Waals surface area contributed by atoms with Gasteiger partial charge in [-0.1, -0.05) is 6.92 Å². The predicted molar refractivity (Wildman–Crippen MR) is 57.2 cm³/mol. The van der Waals surface area contributed by atoms with Crippen LogP contribution in [-0.2, 0) is 12.8 Å². The van der Waals surface area contributed by atoms with E-state index in [0.29, 0.717) is 0 Å². The number of rotatable bonds is 4. The molecule has 2 rings (SSSR count). The number of nitrogens with zero attached hydrogens (tertiary/aromatic N) is 2. The largest absolute Gasteiger partial charge is 0.329 e. The molecule has 1 aromatic rings. The molecule has 0 aliphatic heterocycles. The van der Waals surface area contributed by atoms with Crippen LogP contribution in [0.3, 0.4) is 0 Å². The summed E-state index contributed by atoms with van der Waals surface area (Å²) in [6.07, 6.45) is 6.61. The first-order chi connectivity index (χ1) is 6.72. The molecule has 2 N–H and O–H groups in total. The van der Waals surface area contributed by atoms with Gasteiger partial charge in [-0.2, -0.15) is 0 Å². The second-order valence-electron chi connectivity index (χ2n) is 4.30. The van der Waals surface area contributed by atoms with Crippen molar-refractivity contribution >= 4 is 0 Å². The third kappa shape index (κ3) is 1.82. The van der Waals surface area contributed by atoms with Gasteiger partial charge in [0.05, 0.1) is 0 Å². The number of hydrogen-bond acceptors (Lipinski definition) is 2. The summed E-state index contributed by atoms with van der Waals surface area (Å²) < 4.78 is 2.41. The second kappa shape index (κ2) is 3.73. The molecule has 0 bridgehead atoms. The maximum absolute atomic E-state index is 5.81. The highest BCUT2D eigenvalue weighted by Gasteiger charge is 2.27. The minimum Gasteiger partial charge on any atom is -0.329 e. The van der Waals surface area contributed by atoms with E-state index in [2.05, 4.69) is 16.5 Å². The molecule has 0 aromatic carbocycles. The molecule has 0 saturated heterocycles. The minimum absolute atomic E-state index is 0.208. The van der Waals surface area contributed by atoms with E-state index in [-0.39, 0.29) is 6.04 Å². The highest BCUT2D eigenvalue weighted by atomic mass is 15.1. The summed E-state index contributed by atoms with van der Waals surface area (Å²) in [5.74, 6) is 1.18.